The first-order valence-electron chi connectivity index (χ1n) is 5.81. The largest absolute Gasteiger partial charge is 0.494 e. The molecule has 3 nitrogen and oxygen atoms in total. The number of hydrogen-bond donors (Lipinski definition) is 1. The lowest BCUT2D eigenvalue weighted by Gasteiger charge is -2.13. The summed E-state index contributed by atoms with van der Waals surface area (Å²) in [6.45, 7) is 4.30. The lowest BCUT2D eigenvalue weighted by atomic mass is 10.1. The quantitative estimate of drug-likeness (QED) is 0.859. The third kappa shape index (κ3) is 2.43. The summed E-state index contributed by atoms with van der Waals surface area (Å²) in [5, 5.41) is 2.81. The van der Waals surface area contributed by atoms with Crippen molar-refractivity contribution in [2.75, 3.05) is 11.9 Å². The fourth-order valence-electron chi connectivity index (χ4n) is 1.72. The molecule has 1 N–H and O–H groups in total. The van der Waals surface area contributed by atoms with Crippen molar-refractivity contribution < 1.29 is 9.53 Å². The molecule has 0 heterocycles. The molecule has 0 spiro atoms. The smallest absolute Gasteiger partial charge is 0.233 e. The van der Waals surface area contributed by atoms with Crippen LogP contribution in [0.3, 0.4) is 0 Å². The normalized spacial score (nSPS) is 24.4. The number of amides is 1. The Morgan fingerprint density at radius 3 is 2.39 bits per heavy atom. The first-order chi connectivity index (χ1) is 8.39. The topological polar surface area (TPSA) is 38.3 Å². The number of carbonyl (C=O) groups excluding carboxylic acids is 1. The molecule has 98 valence electrons. The van der Waals surface area contributed by atoms with Crippen molar-refractivity contribution in [2.24, 2.45) is 5.41 Å². The molecule has 0 radical (unpaired) electrons. The van der Waals surface area contributed by atoms with Crippen LogP contribution in [0.25, 0.3) is 0 Å². The molecule has 1 aliphatic rings. The molecule has 2 rings (SSSR count). The maximum absolute atomic E-state index is 12.0. The highest BCUT2D eigenvalue weighted by Crippen LogP contribution is 2.64. The van der Waals surface area contributed by atoms with Crippen molar-refractivity contribution >= 4 is 34.8 Å². The summed E-state index contributed by atoms with van der Waals surface area (Å²) >= 11 is 11.9. The standard InChI is InChI=1S/C13H15Cl2NO2/c1-3-18-10-6-4-9(5-7-10)16-11(17)12(2)8-13(12,14)15/h4-7H,3,8H2,1-2H3,(H,16,17). The lowest BCUT2D eigenvalue weighted by Crippen LogP contribution is -2.25. The summed E-state index contributed by atoms with van der Waals surface area (Å²) in [5.41, 5.74) is 0.00929. The fraction of sp³-hybridized carbons (Fsp3) is 0.462. The Kier molecular flexibility index (Phi) is 3.47. The van der Waals surface area contributed by atoms with Crippen LogP contribution in [0, 0.1) is 5.41 Å². The third-order valence-corrected chi connectivity index (χ3v) is 4.28. The fourth-order valence-corrected chi connectivity index (χ4v) is 2.42. The molecule has 5 heteroatoms. The SMILES string of the molecule is CCOc1ccc(NC(=O)C2(C)CC2(Cl)Cl)cc1. The van der Waals surface area contributed by atoms with Crippen molar-refractivity contribution in [1.82, 2.24) is 0 Å². The maximum atomic E-state index is 12.0. The van der Waals surface area contributed by atoms with Gasteiger partial charge >= 0.3 is 0 Å². The van der Waals surface area contributed by atoms with E-state index >= 15 is 0 Å². The van der Waals surface area contributed by atoms with Gasteiger partial charge in [0.2, 0.25) is 5.91 Å². The Hall–Kier alpha value is -0.930. The Morgan fingerprint density at radius 1 is 1.39 bits per heavy atom. The molecule has 1 aliphatic carbocycles. The molecule has 1 unspecified atom stereocenters. The van der Waals surface area contributed by atoms with E-state index in [4.69, 9.17) is 27.9 Å². The minimum absolute atomic E-state index is 0.156. The van der Waals surface area contributed by atoms with E-state index in [0.29, 0.717) is 18.7 Å². The highest BCUT2D eigenvalue weighted by Gasteiger charge is 2.67. The first-order valence-corrected chi connectivity index (χ1v) is 6.57. The third-order valence-electron chi connectivity index (χ3n) is 3.18. The van der Waals surface area contributed by atoms with Gasteiger partial charge in [-0.05, 0) is 44.5 Å². The minimum atomic E-state index is -0.942. The summed E-state index contributed by atoms with van der Waals surface area (Å²) < 4.78 is 4.38. The van der Waals surface area contributed by atoms with Gasteiger partial charge in [-0.2, -0.15) is 0 Å². The molecule has 1 aromatic rings. The van der Waals surface area contributed by atoms with Crippen LogP contribution >= 0.6 is 23.2 Å². The number of hydrogen-bond acceptors (Lipinski definition) is 2. The Balaban J connectivity index is 2.00. The molecule has 18 heavy (non-hydrogen) atoms. The minimum Gasteiger partial charge on any atom is -0.494 e. The van der Waals surface area contributed by atoms with E-state index in [9.17, 15) is 4.79 Å². The van der Waals surface area contributed by atoms with Crippen molar-refractivity contribution in [3.05, 3.63) is 24.3 Å². The van der Waals surface area contributed by atoms with Gasteiger partial charge in [0, 0.05) is 5.69 Å². The molecule has 1 saturated carbocycles. The van der Waals surface area contributed by atoms with Gasteiger partial charge in [-0.3, -0.25) is 4.79 Å². The van der Waals surface area contributed by atoms with Crippen LogP contribution in [0.5, 0.6) is 5.75 Å². The average Bonchev–Trinajstić information content (AvgIpc) is 2.83. The summed E-state index contributed by atoms with van der Waals surface area (Å²) in [5.74, 6) is 0.619. The van der Waals surface area contributed by atoms with E-state index in [0.717, 1.165) is 5.75 Å². The van der Waals surface area contributed by atoms with Crippen LogP contribution in [0.4, 0.5) is 5.69 Å². The van der Waals surface area contributed by atoms with Gasteiger partial charge in [0.1, 0.15) is 10.1 Å². The highest BCUT2D eigenvalue weighted by molar-refractivity contribution is 6.53. The second-order valence-electron chi connectivity index (χ2n) is 4.62. The number of alkyl halides is 2. The van der Waals surface area contributed by atoms with Crippen LogP contribution < -0.4 is 10.1 Å². The number of rotatable bonds is 4. The Morgan fingerprint density at radius 2 is 1.94 bits per heavy atom. The molecule has 0 aliphatic heterocycles. The van der Waals surface area contributed by atoms with E-state index in [1.807, 2.05) is 19.1 Å². The average molecular weight is 288 g/mol. The first kappa shape index (κ1) is 13.5. The Labute approximate surface area is 116 Å². The molecule has 1 amide bonds. The zero-order valence-electron chi connectivity index (χ0n) is 10.3. The number of carbonyl (C=O) groups is 1. The van der Waals surface area contributed by atoms with E-state index < -0.39 is 9.75 Å². The van der Waals surface area contributed by atoms with Crippen LogP contribution in [-0.2, 0) is 4.79 Å². The van der Waals surface area contributed by atoms with Gasteiger partial charge in [0.25, 0.3) is 0 Å². The van der Waals surface area contributed by atoms with Gasteiger partial charge in [-0.15, -0.1) is 23.2 Å². The monoisotopic (exact) mass is 287 g/mol. The van der Waals surface area contributed by atoms with Crippen LogP contribution in [-0.4, -0.2) is 16.8 Å². The van der Waals surface area contributed by atoms with Crippen LogP contribution in [0.1, 0.15) is 20.3 Å². The molecule has 1 aromatic carbocycles. The lowest BCUT2D eigenvalue weighted by molar-refractivity contribution is -0.120. The zero-order valence-corrected chi connectivity index (χ0v) is 11.8. The Bertz CT molecular complexity index is 459. The van der Waals surface area contributed by atoms with Gasteiger partial charge in [0.15, 0.2) is 0 Å². The molecule has 1 atom stereocenters. The van der Waals surface area contributed by atoms with E-state index in [1.54, 1.807) is 19.1 Å². The predicted molar refractivity (Wildman–Crippen MR) is 73.4 cm³/mol. The second-order valence-corrected chi connectivity index (χ2v) is 6.11. The number of nitrogens with one attached hydrogen (secondary N) is 1. The molecular formula is C13H15Cl2NO2. The van der Waals surface area contributed by atoms with E-state index in [-0.39, 0.29) is 5.91 Å². The number of halogens is 2. The molecule has 1 fully saturated rings. The summed E-state index contributed by atoms with van der Waals surface area (Å²) in [7, 11) is 0. The van der Waals surface area contributed by atoms with Crippen molar-refractivity contribution in [2.45, 2.75) is 24.6 Å². The number of benzene rings is 1. The molecule has 0 saturated heterocycles. The number of ether oxygens (including phenoxy) is 1. The second kappa shape index (κ2) is 4.63. The predicted octanol–water partition coefficient (Wildman–Crippen LogP) is 3.61. The van der Waals surface area contributed by atoms with Crippen LogP contribution in [0.15, 0.2) is 24.3 Å². The van der Waals surface area contributed by atoms with Gasteiger partial charge < -0.3 is 10.1 Å². The van der Waals surface area contributed by atoms with Crippen molar-refractivity contribution in [1.29, 1.82) is 0 Å². The van der Waals surface area contributed by atoms with E-state index in [2.05, 4.69) is 5.32 Å². The van der Waals surface area contributed by atoms with Gasteiger partial charge in [0.05, 0.1) is 12.0 Å². The zero-order chi connectivity index (χ0) is 13.4. The van der Waals surface area contributed by atoms with Gasteiger partial charge in [-0.1, -0.05) is 0 Å². The van der Waals surface area contributed by atoms with E-state index in [1.165, 1.54) is 0 Å². The highest BCUT2D eigenvalue weighted by atomic mass is 35.5. The maximum Gasteiger partial charge on any atom is 0.233 e. The number of anilines is 1. The molecule has 0 bridgehead atoms. The summed E-state index contributed by atoms with van der Waals surface area (Å²) in [6.07, 6.45) is 0.478. The molecular weight excluding hydrogens is 273 g/mol. The summed E-state index contributed by atoms with van der Waals surface area (Å²) in [4.78, 5) is 12.0. The molecule has 0 aromatic heterocycles. The summed E-state index contributed by atoms with van der Waals surface area (Å²) in [6, 6.07) is 7.20. The van der Waals surface area contributed by atoms with Crippen LogP contribution in [0.2, 0.25) is 0 Å². The van der Waals surface area contributed by atoms with Crippen molar-refractivity contribution in [3.8, 4) is 5.75 Å². The van der Waals surface area contributed by atoms with Crippen molar-refractivity contribution in [3.63, 3.8) is 0 Å². The van der Waals surface area contributed by atoms with Gasteiger partial charge in [-0.25, -0.2) is 0 Å².